The number of rotatable bonds is 5. The average molecular weight is 260 g/mol. The number of nitrogens with two attached hydrogens (primary N) is 1. The van der Waals surface area contributed by atoms with Crippen LogP contribution in [-0.4, -0.2) is 18.6 Å². The standard InChI is InChI=1S/C17H28N2/c1-13-7-3-4-8-15(13)11-14(2)19-17-10-6-5-9-16(17)12-18/h3-4,7-8,14,16-17,19H,5-6,9-12,18H2,1-2H3. The lowest BCUT2D eigenvalue weighted by atomic mass is 9.84. The third-order valence-corrected chi connectivity index (χ3v) is 4.50. The molecule has 19 heavy (non-hydrogen) atoms. The molecule has 1 aliphatic rings. The Bertz CT molecular complexity index is 389. The lowest BCUT2D eigenvalue weighted by molar-refractivity contribution is 0.251. The molecule has 2 rings (SSSR count). The van der Waals surface area contributed by atoms with E-state index in [9.17, 15) is 0 Å². The molecule has 0 spiro atoms. The van der Waals surface area contributed by atoms with Crippen LogP contribution in [0.4, 0.5) is 0 Å². The first kappa shape index (κ1) is 14.5. The zero-order valence-electron chi connectivity index (χ0n) is 12.4. The zero-order valence-corrected chi connectivity index (χ0v) is 12.4. The van der Waals surface area contributed by atoms with Crippen LogP contribution in [0, 0.1) is 12.8 Å². The summed E-state index contributed by atoms with van der Waals surface area (Å²) in [4.78, 5) is 0. The second-order valence-corrected chi connectivity index (χ2v) is 6.09. The summed E-state index contributed by atoms with van der Waals surface area (Å²) in [7, 11) is 0. The minimum Gasteiger partial charge on any atom is -0.330 e. The van der Waals surface area contributed by atoms with Gasteiger partial charge in [0.15, 0.2) is 0 Å². The van der Waals surface area contributed by atoms with Crippen LogP contribution in [0.25, 0.3) is 0 Å². The molecule has 1 aromatic carbocycles. The van der Waals surface area contributed by atoms with Crippen molar-refractivity contribution >= 4 is 0 Å². The van der Waals surface area contributed by atoms with Crippen LogP contribution in [-0.2, 0) is 6.42 Å². The summed E-state index contributed by atoms with van der Waals surface area (Å²) < 4.78 is 0. The summed E-state index contributed by atoms with van der Waals surface area (Å²) in [6.07, 6.45) is 6.41. The highest BCUT2D eigenvalue weighted by Gasteiger charge is 2.24. The van der Waals surface area contributed by atoms with E-state index < -0.39 is 0 Å². The van der Waals surface area contributed by atoms with Crippen molar-refractivity contribution in [2.24, 2.45) is 11.7 Å². The van der Waals surface area contributed by atoms with Crippen molar-refractivity contribution in [3.05, 3.63) is 35.4 Å². The number of aryl methyl sites for hydroxylation is 1. The van der Waals surface area contributed by atoms with Crippen molar-refractivity contribution in [2.45, 2.75) is 58.0 Å². The lowest BCUT2D eigenvalue weighted by Gasteiger charge is -2.34. The molecule has 1 fully saturated rings. The molecule has 1 aliphatic carbocycles. The predicted molar refractivity (Wildman–Crippen MR) is 82.3 cm³/mol. The van der Waals surface area contributed by atoms with Crippen molar-refractivity contribution in [3.8, 4) is 0 Å². The summed E-state index contributed by atoms with van der Waals surface area (Å²) >= 11 is 0. The molecule has 0 radical (unpaired) electrons. The highest BCUT2D eigenvalue weighted by atomic mass is 15.0. The Balaban J connectivity index is 1.90. The Morgan fingerprint density at radius 3 is 2.74 bits per heavy atom. The molecule has 1 aromatic rings. The van der Waals surface area contributed by atoms with Gasteiger partial charge >= 0.3 is 0 Å². The Morgan fingerprint density at radius 1 is 1.26 bits per heavy atom. The molecule has 1 saturated carbocycles. The van der Waals surface area contributed by atoms with Crippen LogP contribution in [0.15, 0.2) is 24.3 Å². The summed E-state index contributed by atoms with van der Waals surface area (Å²) in [6, 6.07) is 9.84. The van der Waals surface area contributed by atoms with Crippen LogP contribution < -0.4 is 11.1 Å². The van der Waals surface area contributed by atoms with Crippen molar-refractivity contribution in [1.82, 2.24) is 5.32 Å². The SMILES string of the molecule is Cc1ccccc1CC(C)NC1CCCCC1CN. The van der Waals surface area contributed by atoms with Gasteiger partial charge in [0.05, 0.1) is 0 Å². The average Bonchev–Trinajstić information content (AvgIpc) is 2.42. The van der Waals surface area contributed by atoms with Gasteiger partial charge in [0.1, 0.15) is 0 Å². The van der Waals surface area contributed by atoms with Crippen LogP contribution in [0.3, 0.4) is 0 Å². The van der Waals surface area contributed by atoms with Crippen LogP contribution >= 0.6 is 0 Å². The maximum atomic E-state index is 5.91. The highest BCUT2D eigenvalue weighted by Crippen LogP contribution is 2.24. The number of benzene rings is 1. The molecule has 3 unspecified atom stereocenters. The normalized spacial score (nSPS) is 25.2. The molecule has 106 valence electrons. The molecular weight excluding hydrogens is 232 g/mol. The summed E-state index contributed by atoms with van der Waals surface area (Å²) in [5.41, 5.74) is 8.77. The molecule has 0 aromatic heterocycles. The molecular formula is C17H28N2. The topological polar surface area (TPSA) is 38.0 Å². The van der Waals surface area contributed by atoms with Gasteiger partial charge in [0, 0.05) is 12.1 Å². The first-order valence-corrected chi connectivity index (χ1v) is 7.71. The van der Waals surface area contributed by atoms with Gasteiger partial charge in [-0.1, -0.05) is 37.1 Å². The molecule has 0 amide bonds. The van der Waals surface area contributed by atoms with Gasteiger partial charge in [0.25, 0.3) is 0 Å². The van der Waals surface area contributed by atoms with Crippen molar-refractivity contribution in [2.75, 3.05) is 6.54 Å². The van der Waals surface area contributed by atoms with Crippen LogP contribution in [0.2, 0.25) is 0 Å². The fourth-order valence-corrected chi connectivity index (χ4v) is 3.30. The third kappa shape index (κ3) is 4.05. The van der Waals surface area contributed by atoms with E-state index in [0.29, 0.717) is 18.0 Å². The van der Waals surface area contributed by atoms with E-state index in [1.165, 1.54) is 36.8 Å². The predicted octanol–water partition coefficient (Wildman–Crippen LogP) is 3.03. The first-order valence-electron chi connectivity index (χ1n) is 7.71. The van der Waals surface area contributed by atoms with E-state index in [2.05, 4.69) is 43.4 Å². The maximum absolute atomic E-state index is 5.91. The molecule has 3 atom stereocenters. The van der Waals surface area contributed by atoms with Gasteiger partial charge in [-0.25, -0.2) is 0 Å². The second kappa shape index (κ2) is 7.06. The van der Waals surface area contributed by atoms with E-state index in [1.807, 2.05) is 0 Å². The Labute approximate surface area is 117 Å². The zero-order chi connectivity index (χ0) is 13.7. The minimum absolute atomic E-state index is 0.526. The summed E-state index contributed by atoms with van der Waals surface area (Å²) in [5.74, 6) is 0.674. The van der Waals surface area contributed by atoms with Gasteiger partial charge in [-0.05, 0) is 56.7 Å². The first-order chi connectivity index (χ1) is 9.20. The van der Waals surface area contributed by atoms with E-state index in [0.717, 1.165) is 13.0 Å². The smallest absolute Gasteiger partial charge is 0.0110 e. The number of hydrogen-bond donors (Lipinski definition) is 2. The fraction of sp³-hybridized carbons (Fsp3) is 0.647. The van der Waals surface area contributed by atoms with E-state index in [4.69, 9.17) is 5.73 Å². The third-order valence-electron chi connectivity index (χ3n) is 4.50. The molecule has 2 nitrogen and oxygen atoms in total. The molecule has 2 heteroatoms. The van der Waals surface area contributed by atoms with Gasteiger partial charge in [0.2, 0.25) is 0 Å². The molecule has 0 aliphatic heterocycles. The van der Waals surface area contributed by atoms with E-state index >= 15 is 0 Å². The monoisotopic (exact) mass is 260 g/mol. The van der Waals surface area contributed by atoms with Gasteiger partial charge in [-0.2, -0.15) is 0 Å². The quantitative estimate of drug-likeness (QED) is 0.854. The Hall–Kier alpha value is -0.860. The van der Waals surface area contributed by atoms with Crippen molar-refractivity contribution in [3.63, 3.8) is 0 Å². The Kier molecular flexibility index (Phi) is 5.41. The minimum atomic E-state index is 0.526. The summed E-state index contributed by atoms with van der Waals surface area (Å²) in [5, 5.41) is 3.82. The van der Waals surface area contributed by atoms with Crippen molar-refractivity contribution < 1.29 is 0 Å². The van der Waals surface area contributed by atoms with E-state index in [-0.39, 0.29) is 0 Å². The second-order valence-electron chi connectivity index (χ2n) is 6.09. The number of nitrogens with one attached hydrogen (secondary N) is 1. The molecule has 0 heterocycles. The van der Waals surface area contributed by atoms with Gasteiger partial charge in [-0.15, -0.1) is 0 Å². The molecule has 3 N–H and O–H groups in total. The summed E-state index contributed by atoms with van der Waals surface area (Å²) in [6.45, 7) is 5.33. The highest BCUT2D eigenvalue weighted by molar-refractivity contribution is 5.26. The fourth-order valence-electron chi connectivity index (χ4n) is 3.30. The van der Waals surface area contributed by atoms with Crippen LogP contribution in [0.1, 0.15) is 43.7 Å². The van der Waals surface area contributed by atoms with E-state index in [1.54, 1.807) is 0 Å². The lowest BCUT2D eigenvalue weighted by Crippen LogP contribution is -2.46. The molecule has 0 saturated heterocycles. The molecule has 0 bridgehead atoms. The van der Waals surface area contributed by atoms with Gasteiger partial charge in [-0.3, -0.25) is 0 Å². The van der Waals surface area contributed by atoms with Gasteiger partial charge < -0.3 is 11.1 Å². The largest absolute Gasteiger partial charge is 0.330 e. The van der Waals surface area contributed by atoms with Crippen LogP contribution in [0.5, 0.6) is 0 Å². The van der Waals surface area contributed by atoms with Crippen molar-refractivity contribution in [1.29, 1.82) is 0 Å². The Morgan fingerprint density at radius 2 is 2.00 bits per heavy atom. The maximum Gasteiger partial charge on any atom is 0.0110 e. The number of hydrogen-bond acceptors (Lipinski definition) is 2.